The van der Waals surface area contributed by atoms with E-state index in [0.717, 1.165) is 5.69 Å². The van der Waals surface area contributed by atoms with E-state index in [-0.39, 0.29) is 5.56 Å². The Morgan fingerprint density at radius 3 is 2.67 bits per heavy atom. The van der Waals surface area contributed by atoms with Gasteiger partial charge in [-0.3, -0.25) is 0 Å². The second-order valence-electron chi connectivity index (χ2n) is 3.81. The highest BCUT2D eigenvalue weighted by atomic mass is 35.5. The van der Waals surface area contributed by atoms with Crippen LogP contribution < -0.4 is 4.90 Å². The van der Waals surface area contributed by atoms with Crippen molar-refractivity contribution < 1.29 is 9.90 Å². The van der Waals surface area contributed by atoms with Gasteiger partial charge in [0.15, 0.2) is 0 Å². The summed E-state index contributed by atoms with van der Waals surface area (Å²) in [5, 5.41) is 9.12. The second kappa shape index (κ2) is 3.74. The number of carbonyl (C=O) groups is 1. The van der Waals surface area contributed by atoms with Crippen molar-refractivity contribution in [3.05, 3.63) is 28.8 Å². The third kappa shape index (κ3) is 2.07. The minimum atomic E-state index is -0.986. The lowest BCUT2D eigenvalue weighted by Gasteiger charge is -2.19. The summed E-state index contributed by atoms with van der Waals surface area (Å²) < 4.78 is 0. The van der Waals surface area contributed by atoms with Crippen molar-refractivity contribution in [2.24, 2.45) is 0 Å². The molecule has 0 aromatic heterocycles. The van der Waals surface area contributed by atoms with Gasteiger partial charge < -0.3 is 10.0 Å². The molecule has 3 nitrogen and oxygen atoms in total. The van der Waals surface area contributed by atoms with Crippen LogP contribution in [0.15, 0.2) is 18.2 Å². The summed E-state index contributed by atoms with van der Waals surface area (Å²) in [6.45, 7) is 0. The number of hydrogen-bond donors (Lipinski definition) is 1. The van der Waals surface area contributed by atoms with E-state index in [2.05, 4.69) is 4.90 Å². The van der Waals surface area contributed by atoms with Crippen LogP contribution in [0.4, 0.5) is 5.69 Å². The van der Waals surface area contributed by atoms with Crippen LogP contribution in [0.3, 0.4) is 0 Å². The Hall–Kier alpha value is -1.22. The predicted molar refractivity (Wildman–Crippen MR) is 59.8 cm³/mol. The van der Waals surface area contributed by atoms with E-state index in [4.69, 9.17) is 16.7 Å². The number of benzene rings is 1. The number of halogens is 1. The monoisotopic (exact) mass is 225 g/mol. The number of nitrogens with zero attached hydrogens (tertiary/aromatic N) is 1. The van der Waals surface area contributed by atoms with Gasteiger partial charge in [-0.1, -0.05) is 11.6 Å². The maximum atomic E-state index is 10.8. The highest BCUT2D eigenvalue weighted by Crippen LogP contribution is 2.32. The molecule has 1 aromatic carbocycles. The minimum absolute atomic E-state index is 0.157. The quantitative estimate of drug-likeness (QED) is 0.860. The molecule has 0 radical (unpaired) electrons. The first kappa shape index (κ1) is 10.3. The molecule has 1 aliphatic rings. The number of carboxylic acids is 1. The summed E-state index contributed by atoms with van der Waals surface area (Å²) in [5.41, 5.74) is 1.14. The minimum Gasteiger partial charge on any atom is -0.478 e. The summed E-state index contributed by atoms with van der Waals surface area (Å²) in [4.78, 5) is 12.9. The van der Waals surface area contributed by atoms with E-state index in [0.29, 0.717) is 11.1 Å². The van der Waals surface area contributed by atoms with Crippen LogP contribution in [-0.4, -0.2) is 24.2 Å². The molecule has 1 saturated carbocycles. The predicted octanol–water partition coefficient (Wildman–Crippen LogP) is 2.64. The molecule has 0 aliphatic heterocycles. The van der Waals surface area contributed by atoms with Crippen molar-refractivity contribution in [3.63, 3.8) is 0 Å². The molecule has 0 saturated heterocycles. The molecule has 1 aliphatic carbocycles. The third-order valence-electron chi connectivity index (χ3n) is 2.68. The van der Waals surface area contributed by atoms with Gasteiger partial charge in [0.1, 0.15) is 0 Å². The Balaban J connectivity index is 2.28. The van der Waals surface area contributed by atoms with Gasteiger partial charge in [-0.25, -0.2) is 4.79 Å². The van der Waals surface area contributed by atoms with E-state index in [1.807, 2.05) is 7.05 Å². The van der Waals surface area contributed by atoms with E-state index in [1.54, 1.807) is 18.2 Å². The molecular formula is C11H12ClNO2. The zero-order valence-electron chi connectivity index (χ0n) is 8.40. The largest absolute Gasteiger partial charge is 0.478 e. The summed E-state index contributed by atoms with van der Waals surface area (Å²) >= 11 is 5.89. The summed E-state index contributed by atoms with van der Waals surface area (Å²) in [6.07, 6.45) is 2.41. The van der Waals surface area contributed by atoms with Crippen LogP contribution in [0.1, 0.15) is 23.2 Å². The maximum Gasteiger partial charge on any atom is 0.337 e. The van der Waals surface area contributed by atoms with Crippen LogP contribution in [0, 0.1) is 0 Å². The van der Waals surface area contributed by atoms with Crippen molar-refractivity contribution in [2.45, 2.75) is 18.9 Å². The number of aromatic carboxylic acids is 1. The van der Waals surface area contributed by atoms with E-state index in [9.17, 15) is 4.79 Å². The Labute approximate surface area is 93.3 Å². The fourth-order valence-electron chi connectivity index (χ4n) is 1.57. The first-order valence-electron chi connectivity index (χ1n) is 4.85. The van der Waals surface area contributed by atoms with Crippen molar-refractivity contribution in [3.8, 4) is 0 Å². The summed E-state index contributed by atoms with van der Waals surface area (Å²) in [7, 11) is 2.00. The van der Waals surface area contributed by atoms with E-state index >= 15 is 0 Å². The molecular weight excluding hydrogens is 214 g/mol. The molecule has 2 rings (SSSR count). The molecule has 1 N–H and O–H groups in total. The van der Waals surface area contributed by atoms with Crippen molar-refractivity contribution in [2.75, 3.05) is 11.9 Å². The van der Waals surface area contributed by atoms with Gasteiger partial charge in [0.25, 0.3) is 0 Å². The molecule has 0 amide bonds. The summed E-state index contributed by atoms with van der Waals surface area (Å²) in [5.74, 6) is -0.986. The lowest BCUT2D eigenvalue weighted by molar-refractivity contribution is 0.0697. The van der Waals surface area contributed by atoms with Crippen LogP contribution in [0.5, 0.6) is 0 Å². The zero-order chi connectivity index (χ0) is 11.0. The molecule has 0 spiro atoms. The molecule has 0 bridgehead atoms. The zero-order valence-corrected chi connectivity index (χ0v) is 9.16. The van der Waals surface area contributed by atoms with Gasteiger partial charge in [0.2, 0.25) is 0 Å². The third-order valence-corrected chi connectivity index (χ3v) is 3.00. The lowest BCUT2D eigenvalue weighted by Crippen LogP contribution is -2.19. The van der Waals surface area contributed by atoms with Gasteiger partial charge in [0.05, 0.1) is 10.6 Å². The molecule has 1 aromatic rings. The van der Waals surface area contributed by atoms with Gasteiger partial charge >= 0.3 is 5.97 Å². The Kier molecular flexibility index (Phi) is 2.57. The Morgan fingerprint density at radius 2 is 2.20 bits per heavy atom. The first-order valence-corrected chi connectivity index (χ1v) is 5.23. The van der Waals surface area contributed by atoms with Gasteiger partial charge in [-0.05, 0) is 31.0 Å². The molecule has 0 heterocycles. The van der Waals surface area contributed by atoms with Crippen molar-refractivity contribution in [1.82, 2.24) is 0 Å². The highest BCUT2D eigenvalue weighted by molar-refractivity contribution is 6.33. The lowest BCUT2D eigenvalue weighted by atomic mass is 10.2. The Bertz CT molecular complexity index is 402. The topological polar surface area (TPSA) is 40.5 Å². The molecule has 15 heavy (non-hydrogen) atoms. The molecule has 0 atom stereocenters. The van der Waals surface area contributed by atoms with Crippen molar-refractivity contribution in [1.29, 1.82) is 0 Å². The molecule has 4 heteroatoms. The number of hydrogen-bond acceptors (Lipinski definition) is 2. The fraction of sp³-hybridized carbons (Fsp3) is 0.364. The van der Waals surface area contributed by atoms with Gasteiger partial charge in [0, 0.05) is 18.8 Å². The highest BCUT2D eigenvalue weighted by Gasteiger charge is 2.26. The molecule has 80 valence electrons. The Morgan fingerprint density at radius 1 is 1.53 bits per heavy atom. The number of carboxylic acid groups (broad SMARTS) is 1. The SMILES string of the molecule is CN(c1ccc(C(=O)O)c(Cl)c1)C1CC1. The number of anilines is 1. The first-order chi connectivity index (χ1) is 7.09. The van der Waals surface area contributed by atoms with Gasteiger partial charge in [-0.15, -0.1) is 0 Å². The van der Waals surface area contributed by atoms with E-state index in [1.165, 1.54) is 12.8 Å². The standard InChI is InChI=1S/C11H12ClNO2/c1-13(7-2-3-7)8-4-5-9(11(14)15)10(12)6-8/h4-7H,2-3H2,1H3,(H,14,15). The van der Waals surface area contributed by atoms with Crippen molar-refractivity contribution >= 4 is 23.3 Å². The molecule has 1 fully saturated rings. The van der Waals surface area contributed by atoms with Crippen LogP contribution in [0.25, 0.3) is 0 Å². The smallest absolute Gasteiger partial charge is 0.337 e. The maximum absolute atomic E-state index is 10.8. The molecule has 0 unspecified atom stereocenters. The van der Waals surface area contributed by atoms with Crippen LogP contribution >= 0.6 is 11.6 Å². The average molecular weight is 226 g/mol. The fourth-order valence-corrected chi connectivity index (χ4v) is 1.83. The average Bonchev–Trinajstić information content (AvgIpc) is 2.99. The van der Waals surface area contributed by atoms with Gasteiger partial charge in [-0.2, -0.15) is 0 Å². The van der Waals surface area contributed by atoms with Crippen LogP contribution in [-0.2, 0) is 0 Å². The van der Waals surface area contributed by atoms with E-state index < -0.39 is 5.97 Å². The summed E-state index contributed by atoms with van der Waals surface area (Å²) in [6, 6.07) is 5.66. The number of rotatable bonds is 3. The van der Waals surface area contributed by atoms with Crippen LogP contribution in [0.2, 0.25) is 5.02 Å². The normalized spacial score (nSPS) is 15.1. The second-order valence-corrected chi connectivity index (χ2v) is 4.22.